The second-order valence-electron chi connectivity index (χ2n) is 5.68. The summed E-state index contributed by atoms with van der Waals surface area (Å²) in [5.41, 5.74) is -4.33. The van der Waals surface area contributed by atoms with E-state index >= 15 is 0 Å². The highest BCUT2D eigenvalue weighted by molar-refractivity contribution is 6.04. The Morgan fingerprint density at radius 1 is 1.25 bits per heavy atom. The van der Waals surface area contributed by atoms with E-state index in [9.17, 15) is 28.0 Å². The third-order valence-electron chi connectivity index (χ3n) is 4.25. The second kappa shape index (κ2) is 7.30. The maximum Gasteiger partial charge on any atom is 0.422 e. The van der Waals surface area contributed by atoms with Crippen LogP contribution in [-0.4, -0.2) is 44.9 Å². The molecule has 2 atom stereocenters. The number of rotatable bonds is 5. The van der Waals surface area contributed by atoms with Crippen LogP contribution in [0.5, 0.6) is 17.2 Å². The number of hydrogen-bond donors (Lipinski definition) is 2. The minimum atomic E-state index is -5.28. The van der Waals surface area contributed by atoms with Crippen molar-refractivity contribution in [3.05, 3.63) is 30.0 Å². The number of nitriles is 1. The lowest BCUT2D eigenvalue weighted by molar-refractivity contribution is -0.197. The third-order valence-corrected chi connectivity index (χ3v) is 4.25. The molecule has 1 saturated heterocycles. The van der Waals surface area contributed by atoms with Gasteiger partial charge < -0.3 is 24.8 Å². The number of carbonyl (C=O) groups is 2. The van der Waals surface area contributed by atoms with Gasteiger partial charge >= 0.3 is 6.18 Å². The van der Waals surface area contributed by atoms with Gasteiger partial charge in [-0.3, -0.25) is 9.59 Å². The zero-order valence-corrected chi connectivity index (χ0v) is 15.1. The van der Waals surface area contributed by atoms with Crippen molar-refractivity contribution in [1.82, 2.24) is 10.6 Å². The predicted octanol–water partition coefficient (Wildman–Crippen LogP) is 1.53. The first-order valence-corrected chi connectivity index (χ1v) is 7.67. The van der Waals surface area contributed by atoms with Gasteiger partial charge in [-0.2, -0.15) is 18.4 Å². The Bertz CT molecular complexity index is 878. The van der Waals surface area contributed by atoms with Gasteiger partial charge in [-0.1, -0.05) is 6.58 Å². The topological polar surface area (TPSA) is 110 Å². The standard InChI is InChI=1S/C17H16F3N3O5/c1-8-10(7-21)16(15(25)22-8,17(18,19)20)23-14(24)9-5-6-11(26-2)13(28-4)12(9)27-3/h5-6,10H,1H2,2-4H3,(H,22,25)(H,23,24)/t10-,16-/m1/s1. The molecule has 0 radical (unpaired) electrons. The van der Waals surface area contributed by atoms with Gasteiger partial charge in [-0.15, -0.1) is 0 Å². The molecule has 0 aliphatic carbocycles. The fourth-order valence-electron chi connectivity index (χ4n) is 2.90. The predicted molar refractivity (Wildman–Crippen MR) is 88.7 cm³/mol. The lowest BCUT2D eigenvalue weighted by Crippen LogP contribution is -2.66. The van der Waals surface area contributed by atoms with E-state index in [2.05, 4.69) is 6.58 Å². The molecule has 8 nitrogen and oxygen atoms in total. The number of carbonyl (C=O) groups excluding carboxylic acids is 2. The molecule has 1 aromatic carbocycles. The van der Waals surface area contributed by atoms with E-state index in [4.69, 9.17) is 14.2 Å². The van der Waals surface area contributed by atoms with Gasteiger partial charge in [-0.25, -0.2) is 0 Å². The molecule has 2 amide bonds. The molecule has 150 valence electrons. The number of nitrogens with zero attached hydrogens (tertiary/aromatic N) is 1. The highest BCUT2D eigenvalue weighted by atomic mass is 19.4. The number of alkyl halides is 3. The van der Waals surface area contributed by atoms with Gasteiger partial charge in [0.2, 0.25) is 11.3 Å². The molecule has 2 rings (SSSR count). The van der Waals surface area contributed by atoms with Crippen LogP contribution >= 0.6 is 0 Å². The minimum Gasteiger partial charge on any atom is -0.493 e. The van der Waals surface area contributed by atoms with Crippen LogP contribution in [0.15, 0.2) is 24.4 Å². The number of hydrogen-bond acceptors (Lipinski definition) is 6. The van der Waals surface area contributed by atoms with Crippen molar-refractivity contribution in [3.8, 4) is 23.3 Å². The minimum absolute atomic E-state index is 0.0316. The Hall–Kier alpha value is -3.42. The van der Waals surface area contributed by atoms with E-state index < -0.39 is 35.1 Å². The molecule has 1 aliphatic heterocycles. The highest BCUT2D eigenvalue weighted by Crippen LogP contribution is 2.44. The first-order valence-electron chi connectivity index (χ1n) is 7.67. The van der Waals surface area contributed by atoms with Crippen LogP contribution in [0.3, 0.4) is 0 Å². The maximum absolute atomic E-state index is 13.9. The van der Waals surface area contributed by atoms with Gasteiger partial charge in [0.1, 0.15) is 5.92 Å². The Balaban J connectivity index is 2.60. The Labute approximate surface area is 157 Å². The molecular formula is C17H16F3N3O5. The molecule has 0 unspecified atom stereocenters. The van der Waals surface area contributed by atoms with Crippen molar-refractivity contribution < 1.29 is 37.0 Å². The van der Waals surface area contributed by atoms with Crippen molar-refractivity contribution in [2.24, 2.45) is 5.92 Å². The van der Waals surface area contributed by atoms with Crippen LogP contribution in [0.25, 0.3) is 0 Å². The maximum atomic E-state index is 13.9. The quantitative estimate of drug-likeness (QED) is 0.777. The normalized spacial score (nSPS) is 21.5. The molecule has 28 heavy (non-hydrogen) atoms. The second-order valence-corrected chi connectivity index (χ2v) is 5.68. The Morgan fingerprint density at radius 2 is 1.86 bits per heavy atom. The van der Waals surface area contributed by atoms with Gasteiger partial charge in [0.05, 0.1) is 33.0 Å². The number of benzene rings is 1. The van der Waals surface area contributed by atoms with Crippen LogP contribution in [0.4, 0.5) is 13.2 Å². The molecule has 0 aromatic heterocycles. The van der Waals surface area contributed by atoms with E-state index in [0.29, 0.717) is 0 Å². The van der Waals surface area contributed by atoms with E-state index in [1.54, 1.807) is 5.32 Å². The SMILES string of the molecule is C=C1NC(=O)[C@@](NC(=O)c2ccc(OC)c(OC)c2OC)(C(F)(F)F)[C@@H]1C#N. The summed E-state index contributed by atoms with van der Waals surface area (Å²) < 4.78 is 56.8. The summed E-state index contributed by atoms with van der Waals surface area (Å²) in [6.45, 7) is 3.26. The van der Waals surface area contributed by atoms with Gasteiger partial charge in [0.25, 0.3) is 11.8 Å². The number of ether oxygens (including phenoxy) is 3. The van der Waals surface area contributed by atoms with Gasteiger partial charge in [-0.05, 0) is 12.1 Å². The summed E-state index contributed by atoms with van der Waals surface area (Å²) >= 11 is 0. The average molecular weight is 399 g/mol. The smallest absolute Gasteiger partial charge is 0.422 e. The third kappa shape index (κ3) is 2.96. The van der Waals surface area contributed by atoms with E-state index in [0.717, 1.165) is 6.07 Å². The number of nitrogens with one attached hydrogen (secondary N) is 2. The molecule has 1 heterocycles. The van der Waals surface area contributed by atoms with Crippen molar-refractivity contribution in [2.75, 3.05) is 21.3 Å². The molecule has 1 fully saturated rings. The van der Waals surface area contributed by atoms with Crippen molar-refractivity contribution in [1.29, 1.82) is 5.26 Å². The first kappa shape index (κ1) is 20.9. The molecule has 2 N–H and O–H groups in total. The Kier molecular flexibility index (Phi) is 5.45. The lowest BCUT2D eigenvalue weighted by atomic mass is 9.84. The molecule has 0 bridgehead atoms. The molecule has 1 aliphatic rings. The molecule has 0 saturated carbocycles. The van der Waals surface area contributed by atoms with Crippen LogP contribution in [0, 0.1) is 17.2 Å². The van der Waals surface area contributed by atoms with Gasteiger partial charge in [0, 0.05) is 5.70 Å². The largest absolute Gasteiger partial charge is 0.493 e. The fourth-order valence-corrected chi connectivity index (χ4v) is 2.90. The zero-order valence-electron chi connectivity index (χ0n) is 15.1. The molecule has 11 heteroatoms. The molecule has 0 spiro atoms. The summed E-state index contributed by atoms with van der Waals surface area (Å²) in [5.74, 6) is -5.04. The number of methoxy groups -OCH3 is 3. The van der Waals surface area contributed by atoms with Crippen molar-refractivity contribution >= 4 is 11.8 Å². The van der Waals surface area contributed by atoms with Crippen LogP contribution in [-0.2, 0) is 4.79 Å². The number of halogens is 3. The summed E-state index contributed by atoms with van der Waals surface area (Å²) in [6, 6.07) is 3.80. The summed E-state index contributed by atoms with van der Waals surface area (Å²) in [5, 5.41) is 12.7. The van der Waals surface area contributed by atoms with Crippen LogP contribution in [0.1, 0.15) is 10.4 Å². The van der Waals surface area contributed by atoms with E-state index in [-0.39, 0.29) is 22.8 Å². The summed E-state index contributed by atoms with van der Waals surface area (Å²) in [6.07, 6.45) is -5.28. The monoisotopic (exact) mass is 399 g/mol. The van der Waals surface area contributed by atoms with Crippen molar-refractivity contribution in [2.45, 2.75) is 11.7 Å². The average Bonchev–Trinajstić information content (AvgIpc) is 2.89. The zero-order chi connectivity index (χ0) is 21.3. The molecular weight excluding hydrogens is 383 g/mol. The van der Waals surface area contributed by atoms with Gasteiger partial charge in [0.15, 0.2) is 11.5 Å². The van der Waals surface area contributed by atoms with E-state index in [1.807, 2.05) is 5.32 Å². The molecule has 1 aromatic rings. The van der Waals surface area contributed by atoms with Crippen molar-refractivity contribution in [3.63, 3.8) is 0 Å². The number of amides is 2. The first-order chi connectivity index (χ1) is 13.1. The Morgan fingerprint density at radius 3 is 2.32 bits per heavy atom. The van der Waals surface area contributed by atoms with Crippen LogP contribution in [0.2, 0.25) is 0 Å². The lowest BCUT2D eigenvalue weighted by Gasteiger charge is -2.32. The fraction of sp³-hybridized carbons (Fsp3) is 0.353. The highest BCUT2D eigenvalue weighted by Gasteiger charge is 2.70. The summed E-state index contributed by atoms with van der Waals surface area (Å²) in [4.78, 5) is 24.8. The van der Waals surface area contributed by atoms with E-state index in [1.165, 1.54) is 33.5 Å². The van der Waals surface area contributed by atoms with Crippen LogP contribution < -0.4 is 24.8 Å². The summed E-state index contributed by atoms with van der Waals surface area (Å²) in [7, 11) is 3.75.